The zero-order valence-electron chi connectivity index (χ0n) is 18.8. The van der Waals surface area contributed by atoms with Crippen LogP contribution in [0.4, 0.5) is 5.82 Å². The van der Waals surface area contributed by atoms with Gasteiger partial charge in [0.2, 0.25) is 0 Å². The fourth-order valence-corrected chi connectivity index (χ4v) is 4.16. The molecule has 0 amide bonds. The molecule has 10 heteroatoms. The Hall–Kier alpha value is -2.74. The van der Waals surface area contributed by atoms with Crippen molar-refractivity contribution in [2.45, 2.75) is 37.8 Å². The first-order valence-corrected chi connectivity index (χ1v) is 11.1. The van der Waals surface area contributed by atoms with Crippen LogP contribution in [-0.4, -0.2) is 35.1 Å². The highest BCUT2D eigenvalue weighted by atomic mass is 35.5. The van der Waals surface area contributed by atoms with Gasteiger partial charge in [0.05, 0.1) is 12.6 Å². The van der Waals surface area contributed by atoms with Gasteiger partial charge in [-0.25, -0.2) is 9.97 Å². The molecule has 7 nitrogen and oxygen atoms in total. The second kappa shape index (κ2) is 12.6. The van der Waals surface area contributed by atoms with Crippen molar-refractivity contribution in [2.24, 2.45) is 5.73 Å². The van der Waals surface area contributed by atoms with E-state index in [4.69, 9.17) is 37.4 Å². The van der Waals surface area contributed by atoms with E-state index in [1.54, 1.807) is 7.11 Å². The molecule has 0 spiro atoms. The van der Waals surface area contributed by atoms with Gasteiger partial charge in [-0.3, -0.25) is 5.41 Å². The largest absolute Gasteiger partial charge is 0.497 e. The molecule has 0 saturated heterocycles. The number of nitrogens with zero attached hydrogens (tertiary/aromatic N) is 2. The van der Waals surface area contributed by atoms with E-state index in [1.807, 2.05) is 54.6 Å². The summed E-state index contributed by atoms with van der Waals surface area (Å²) in [5.74, 6) is 2.08. The Morgan fingerprint density at radius 2 is 1.76 bits per heavy atom. The minimum atomic E-state index is -0.00972. The Labute approximate surface area is 216 Å². The van der Waals surface area contributed by atoms with Crippen molar-refractivity contribution in [3.8, 4) is 5.75 Å². The van der Waals surface area contributed by atoms with Gasteiger partial charge in [0, 0.05) is 22.5 Å². The molecule has 1 aliphatic carbocycles. The number of aromatic nitrogens is 2. The third-order valence-electron chi connectivity index (χ3n) is 5.64. The highest BCUT2D eigenvalue weighted by Gasteiger charge is 2.26. The van der Waals surface area contributed by atoms with Gasteiger partial charge in [-0.15, -0.1) is 24.8 Å². The zero-order valence-corrected chi connectivity index (χ0v) is 21.1. The van der Waals surface area contributed by atoms with Crippen LogP contribution < -0.4 is 21.1 Å². The quantitative estimate of drug-likeness (QED) is 0.250. The zero-order chi connectivity index (χ0) is 22.5. The Morgan fingerprint density at radius 1 is 1.06 bits per heavy atom. The van der Waals surface area contributed by atoms with Crippen LogP contribution in [0.25, 0.3) is 23.1 Å². The first-order valence-electron chi connectivity index (χ1n) is 10.7. The van der Waals surface area contributed by atoms with E-state index in [1.165, 1.54) is 0 Å². The molecule has 1 saturated carbocycles. The number of nitrogens with two attached hydrogens (primary N) is 1. The predicted molar refractivity (Wildman–Crippen MR) is 146 cm³/mol. The van der Waals surface area contributed by atoms with Crippen LogP contribution in [0.2, 0.25) is 5.02 Å². The van der Waals surface area contributed by atoms with Gasteiger partial charge >= 0.3 is 0 Å². The van der Waals surface area contributed by atoms with Crippen molar-refractivity contribution < 1.29 is 4.74 Å². The maximum atomic E-state index is 7.65. The molecule has 2 atom stereocenters. The lowest BCUT2D eigenvalue weighted by molar-refractivity contribution is 0.377. The summed E-state index contributed by atoms with van der Waals surface area (Å²) in [6.07, 6.45) is 8.00. The number of fused-ring (bicyclic) bond motifs is 1. The number of ether oxygens (including phenoxy) is 1. The number of hydrogen-bond donors (Lipinski definition) is 4. The van der Waals surface area contributed by atoms with Gasteiger partial charge in [-0.05, 0) is 54.8 Å². The summed E-state index contributed by atoms with van der Waals surface area (Å²) in [5, 5.41) is 15.9. The number of anilines is 1. The SMILES string of the molecule is COc1ccc2nc(C=Cc3ccc(Cl)cc3)nc(NC3CCCCC3NC(=N)N)c2c1.Cl.Cl. The fourth-order valence-electron chi connectivity index (χ4n) is 4.03. The summed E-state index contributed by atoms with van der Waals surface area (Å²) < 4.78 is 5.42. The second-order valence-electron chi connectivity index (χ2n) is 7.90. The van der Waals surface area contributed by atoms with E-state index >= 15 is 0 Å². The normalized spacial score (nSPS) is 17.5. The van der Waals surface area contributed by atoms with Gasteiger partial charge in [-0.2, -0.15) is 0 Å². The van der Waals surface area contributed by atoms with Crippen LogP contribution in [0.15, 0.2) is 42.5 Å². The van der Waals surface area contributed by atoms with Crippen LogP contribution in [0, 0.1) is 5.41 Å². The molecule has 2 aromatic carbocycles. The maximum Gasteiger partial charge on any atom is 0.185 e. The van der Waals surface area contributed by atoms with E-state index in [9.17, 15) is 0 Å². The van der Waals surface area contributed by atoms with Gasteiger partial charge in [0.15, 0.2) is 11.8 Å². The maximum absolute atomic E-state index is 7.65. The Morgan fingerprint density at radius 3 is 2.44 bits per heavy atom. The van der Waals surface area contributed by atoms with E-state index < -0.39 is 0 Å². The first kappa shape index (κ1) is 27.5. The van der Waals surface area contributed by atoms with Crippen molar-refractivity contribution in [2.75, 3.05) is 12.4 Å². The molecule has 1 fully saturated rings. The standard InChI is InChI=1S/C24H27ClN6O.2ClH/c1-32-17-11-12-19-18(14-17)23(29-20-4-2-3-5-21(20)30-24(26)27)31-22(28-19)13-8-15-6-9-16(25)10-7-15;;/h6-14,20-21H,2-5H2,1H3,(H4,26,27,30)(H,28,29,31);2*1H. The fraction of sp³-hybridized carbons (Fsp3) is 0.292. The van der Waals surface area contributed by atoms with Crippen LogP contribution in [-0.2, 0) is 0 Å². The number of methoxy groups -OCH3 is 1. The summed E-state index contributed by atoms with van der Waals surface area (Å²) in [7, 11) is 1.65. The van der Waals surface area contributed by atoms with Gasteiger partial charge < -0.3 is 21.1 Å². The molecule has 1 aromatic heterocycles. The molecule has 0 bridgehead atoms. The molecule has 1 heterocycles. The predicted octanol–water partition coefficient (Wildman–Crippen LogP) is 5.51. The number of halogens is 3. The smallest absolute Gasteiger partial charge is 0.185 e. The molecule has 34 heavy (non-hydrogen) atoms. The van der Waals surface area contributed by atoms with Crippen molar-refractivity contribution in [1.82, 2.24) is 15.3 Å². The molecule has 1 aliphatic rings. The molecule has 4 rings (SSSR count). The second-order valence-corrected chi connectivity index (χ2v) is 8.33. The average Bonchev–Trinajstić information content (AvgIpc) is 2.79. The summed E-state index contributed by atoms with van der Waals surface area (Å²) in [6, 6.07) is 13.6. The third-order valence-corrected chi connectivity index (χ3v) is 5.90. The van der Waals surface area contributed by atoms with Gasteiger partial charge in [-0.1, -0.05) is 42.7 Å². The number of rotatable bonds is 6. The highest BCUT2D eigenvalue weighted by Crippen LogP contribution is 2.29. The van der Waals surface area contributed by atoms with E-state index in [-0.39, 0.29) is 42.9 Å². The first-order chi connectivity index (χ1) is 15.5. The summed E-state index contributed by atoms with van der Waals surface area (Å²) in [4.78, 5) is 9.53. The monoisotopic (exact) mass is 522 g/mol. The number of hydrogen-bond acceptors (Lipinski definition) is 5. The van der Waals surface area contributed by atoms with E-state index in [0.29, 0.717) is 10.8 Å². The molecule has 5 N–H and O–H groups in total. The van der Waals surface area contributed by atoms with Crippen LogP contribution >= 0.6 is 36.4 Å². The minimum absolute atomic E-state index is 0. The van der Waals surface area contributed by atoms with Crippen molar-refractivity contribution >= 4 is 71.2 Å². The molecule has 3 aromatic rings. The molecule has 0 aliphatic heterocycles. The number of guanidine groups is 1. The lowest BCUT2D eigenvalue weighted by atomic mass is 9.90. The van der Waals surface area contributed by atoms with Crippen LogP contribution in [0.5, 0.6) is 5.75 Å². The molecule has 182 valence electrons. The summed E-state index contributed by atoms with van der Waals surface area (Å²) in [6.45, 7) is 0. The highest BCUT2D eigenvalue weighted by molar-refractivity contribution is 6.30. The topological polar surface area (TPSA) is 109 Å². The molecule has 0 radical (unpaired) electrons. The number of nitrogens with one attached hydrogen (secondary N) is 3. The Balaban J connectivity index is 0.00000204. The van der Waals surface area contributed by atoms with Crippen molar-refractivity contribution in [3.63, 3.8) is 0 Å². The lowest BCUT2D eigenvalue weighted by Crippen LogP contribution is -2.50. The molecular weight excluding hydrogens is 495 g/mol. The molecule has 2 unspecified atom stereocenters. The third kappa shape index (κ3) is 6.88. The molecular formula is C24H29Cl3N6O. The number of benzene rings is 2. The van der Waals surface area contributed by atoms with E-state index in [2.05, 4.69) is 10.6 Å². The van der Waals surface area contributed by atoms with Gasteiger partial charge in [0.25, 0.3) is 0 Å². The van der Waals surface area contributed by atoms with Gasteiger partial charge in [0.1, 0.15) is 11.6 Å². The van der Waals surface area contributed by atoms with Crippen LogP contribution in [0.3, 0.4) is 0 Å². The Bertz CT molecular complexity index is 1140. The Kier molecular flexibility index (Phi) is 10.2. The van der Waals surface area contributed by atoms with E-state index in [0.717, 1.165) is 53.7 Å². The van der Waals surface area contributed by atoms with Crippen LogP contribution in [0.1, 0.15) is 37.1 Å². The summed E-state index contributed by atoms with van der Waals surface area (Å²) in [5.41, 5.74) is 7.46. The summed E-state index contributed by atoms with van der Waals surface area (Å²) >= 11 is 5.98. The minimum Gasteiger partial charge on any atom is -0.497 e. The lowest BCUT2D eigenvalue weighted by Gasteiger charge is -2.33. The van der Waals surface area contributed by atoms with Crippen molar-refractivity contribution in [1.29, 1.82) is 5.41 Å². The van der Waals surface area contributed by atoms with Crippen molar-refractivity contribution in [3.05, 3.63) is 58.9 Å². The average molecular weight is 524 g/mol.